The van der Waals surface area contributed by atoms with Crippen LogP contribution in [0, 0.1) is 0 Å². The van der Waals surface area contributed by atoms with Gasteiger partial charge in [0.05, 0.1) is 0 Å². The van der Waals surface area contributed by atoms with Crippen LogP contribution in [0.5, 0.6) is 0 Å². The predicted octanol–water partition coefficient (Wildman–Crippen LogP) is 12.4. The van der Waals surface area contributed by atoms with Crippen molar-refractivity contribution in [3.8, 4) is 0 Å². The molecule has 0 aliphatic heterocycles. The van der Waals surface area contributed by atoms with Gasteiger partial charge in [-0.25, -0.2) is 0 Å². The maximum atomic E-state index is 2.59. The molecule has 0 N–H and O–H groups in total. The summed E-state index contributed by atoms with van der Waals surface area (Å²) in [5.41, 5.74) is 12.8. The van der Waals surface area contributed by atoms with Crippen LogP contribution in [-0.4, -0.2) is 0 Å². The van der Waals surface area contributed by atoms with Crippen molar-refractivity contribution in [2.45, 2.75) is 164 Å². The average molecular weight is 505 g/mol. The first-order chi connectivity index (χ1) is 17.6. The van der Waals surface area contributed by atoms with E-state index < -0.39 is 0 Å². The molecule has 6 atom stereocenters. The number of hydrogen-bond donors (Lipinski definition) is 0. The summed E-state index contributed by atoms with van der Waals surface area (Å²) < 4.78 is 0. The summed E-state index contributed by atoms with van der Waals surface area (Å²) in [6, 6.07) is 10.4. The van der Waals surface area contributed by atoms with Gasteiger partial charge >= 0.3 is 0 Å². The standard InChI is InChI=1S/C37H60/c1-13-24(7)32-20-30(21-33(25(8)14-2)36(32)28(11)17-5)19-31-22-34(26(9)15-3)37(29(12)18-6)35(23-31)27(10)16-4/h20-29H,13-19H2,1-12H3. The van der Waals surface area contributed by atoms with Crippen LogP contribution in [0.3, 0.4) is 0 Å². The lowest BCUT2D eigenvalue weighted by Gasteiger charge is -2.28. The molecular weight excluding hydrogens is 444 g/mol. The Labute approximate surface area is 232 Å². The van der Waals surface area contributed by atoms with Gasteiger partial charge in [0.1, 0.15) is 0 Å². The largest absolute Gasteiger partial charge is 0.0648 e. The minimum absolute atomic E-state index is 0.603. The molecule has 2 aromatic rings. The molecule has 0 saturated heterocycles. The molecule has 0 spiro atoms. The van der Waals surface area contributed by atoms with Crippen LogP contribution in [0.15, 0.2) is 24.3 Å². The lowest BCUT2D eigenvalue weighted by Crippen LogP contribution is -2.12. The van der Waals surface area contributed by atoms with Gasteiger partial charge in [-0.1, -0.05) is 107 Å². The van der Waals surface area contributed by atoms with Crippen LogP contribution in [0.1, 0.15) is 202 Å². The fourth-order valence-electron chi connectivity index (χ4n) is 6.02. The quantitative estimate of drug-likeness (QED) is 0.240. The molecule has 0 radical (unpaired) electrons. The number of hydrogen-bond acceptors (Lipinski definition) is 0. The van der Waals surface area contributed by atoms with Crippen molar-refractivity contribution in [1.29, 1.82) is 0 Å². The van der Waals surface area contributed by atoms with Gasteiger partial charge in [-0.2, -0.15) is 0 Å². The van der Waals surface area contributed by atoms with Crippen LogP contribution < -0.4 is 0 Å². The highest BCUT2D eigenvalue weighted by atomic mass is 14.3. The summed E-state index contributed by atoms with van der Waals surface area (Å²) in [5.74, 6) is 3.64. The monoisotopic (exact) mass is 504 g/mol. The van der Waals surface area contributed by atoms with Crippen molar-refractivity contribution in [2.24, 2.45) is 0 Å². The van der Waals surface area contributed by atoms with Crippen LogP contribution >= 0.6 is 0 Å². The summed E-state index contributed by atoms with van der Waals surface area (Å²) in [6.07, 6.45) is 8.26. The van der Waals surface area contributed by atoms with Gasteiger partial charge in [-0.05, 0) is 125 Å². The second-order valence-electron chi connectivity index (χ2n) is 12.4. The van der Waals surface area contributed by atoms with E-state index in [0.29, 0.717) is 35.5 Å². The first kappa shape index (κ1) is 31.7. The molecule has 0 fully saturated rings. The summed E-state index contributed by atoms with van der Waals surface area (Å²) in [4.78, 5) is 0. The molecule has 0 amide bonds. The minimum Gasteiger partial charge on any atom is -0.0648 e. The van der Waals surface area contributed by atoms with Crippen molar-refractivity contribution in [3.05, 3.63) is 68.8 Å². The molecule has 0 saturated carbocycles. The highest BCUT2D eigenvalue weighted by Crippen LogP contribution is 2.41. The third-order valence-corrected chi connectivity index (χ3v) is 9.80. The molecular formula is C37H60. The van der Waals surface area contributed by atoms with Gasteiger partial charge in [0.15, 0.2) is 0 Å². The fraction of sp³-hybridized carbons (Fsp3) is 0.676. The normalized spacial score (nSPS) is 16.8. The lowest BCUT2D eigenvalue weighted by molar-refractivity contribution is 0.641. The van der Waals surface area contributed by atoms with E-state index in [9.17, 15) is 0 Å². The maximum Gasteiger partial charge on any atom is -0.00254 e. The second kappa shape index (κ2) is 14.6. The molecule has 0 heteroatoms. The molecule has 0 bridgehead atoms. The summed E-state index contributed by atoms with van der Waals surface area (Å²) in [6.45, 7) is 28.8. The molecule has 37 heavy (non-hydrogen) atoms. The first-order valence-electron chi connectivity index (χ1n) is 15.9. The van der Waals surface area contributed by atoms with E-state index in [-0.39, 0.29) is 0 Å². The van der Waals surface area contributed by atoms with Crippen molar-refractivity contribution in [3.63, 3.8) is 0 Å². The molecule has 0 heterocycles. The Bertz CT molecular complexity index is 838. The van der Waals surface area contributed by atoms with Crippen LogP contribution in [0.4, 0.5) is 0 Å². The van der Waals surface area contributed by atoms with E-state index in [4.69, 9.17) is 0 Å². The zero-order valence-electron chi connectivity index (χ0n) is 26.7. The van der Waals surface area contributed by atoms with E-state index >= 15 is 0 Å². The molecule has 2 rings (SSSR count). The topological polar surface area (TPSA) is 0 Å². The van der Waals surface area contributed by atoms with Crippen LogP contribution in [-0.2, 0) is 6.42 Å². The number of rotatable bonds is 14. The summed E-state index contributed by atoms with van der Waals surface area (Å²) >= 11 is 0. The van der Waals surface area contributed by atoms with Gasteiger partial charge in [0.2, 0.25) is 0 Å². The molecule has 0 aromatic heterocycles. The summed E-state index contributed by atoms with van der Waals surface area (Å²) in [5, 5.41) is 0. The Morgan fingerprint density at radius 1 is 0.378 bits per heavy atom. The van der Waals surface area contributed by atoms with Gasteiger partial charge < -0.3 is 0 Å². The average Bonchev–Trinajstić information content (AvgIpc) is 2.93. The Morgan fingerprint density at radius 3 is 0.784 bits per heavy atom. The maximum absolute atomic E-state index is 2.59. The minimum atomic E-state index is 0.603. The zero-order chi connectivity index (χ0) is 27.9. The molecule has 208 valence electrons. The third kappa shape index (κ3) is 7.30. The van der Waals surface area contributed by atoms with Crippen LogP contribution in [0.25, 0.3) is 0 Å². The fourth-order valence-corrected chi connectivity index (χ4v) is 6.02. The predicted molar refractivity (Wildman–Crippen MR) is 168 cm³/mol. The highest BCUT2D eigenvalue weighted by Gasteiger charge is 2.24. The smallest absolute Gasteiger partial charge is 0.00254 e. The molecule has 0 aliphatic rings. The van der Waals surface area contributed by atoms with Gasteiger partial charge in [0, 0.05) is 0 Å². The summed E-state index contributed by atoms with van der Waals surface area (Å²) in [7, 11) is 0. The third-order valence-electron chi connectivity index (χ3n) is 9.80. The first-order valence-corrected chi connectivity index (χ1v) is 15.9. The van der Waals surface area contributed by atoms with Gasteiger partial charge in [-0.3, -0.25) is 0 Å². The van der Waals surface area contributed by atoms with E-state index in [1.807, 2.05) is 0 Å². The van der Waals surface area contributed by atoms with Gasteiger partial charge in [0.25, 0.3) is 0 Å². The van der Waals surface area contributed by atoms with E-state index in [2.05, 4.69) is 107 Å². The Hall–Kier alpha value is -1.56. The SMILES string of the molecule is CCC(C)c1cc(Cc2cc(C(C)CC)c(C(C)CC)c(C(C)CC)c2)cc(C(C)CC)c1C(C)CC. The van der Waals surface area contributed by atoms with E-state index in [1.165, 1.54) is 49.7 Å². The van der Waals surface area contributed by atoms with Crippen molar-refractivity contribution in [2.75, 3.05) is 0 Å². The van der Waals surface area contributed by atoms with Gasteiger partial charge in [-0.15, -0.1) is 0 Å². The molecule has 6 unspecified atom stereocenters. The second-order valence-corrected chi connectivity index (χ2v) is 12.4. The Kier molecular flexibility index (Phi) is 12.5. The van der Waals surface area contributed by atoms with E-state index in [0.717, 1.165) is 6.42 Å². The lowest BCUT2D eigenvalue weighted by atomic mass is 9.76. The zero-order valence-corrected chi connectivity index (χ0v) is 26.7. The Balaban J connectivity index is 2.78. The molecule has 2 aromatic carbocycles. The highest BCUT2D eigenvalue weighted by molar-refractivity contribution is 5.49. The molecule has 0 nitrogen and oxygen atoms in total. The molecule has 0 aliphatic carbocycles. The Morgan fingerprint density at radius 2 is 0.595 bits per heavy atom. The van der Waals surface area contributed by atoms with Crippen molar-refractivity contribution in [1.82, 2.24) is 0 Å². The van der Waals surface area contributed by atoms with Crippen LogP contribution in [0.2, 0.25) is 0 Å². The van der Waals surface area contributed by atoms with Crippen molar-refractivity contribution < 1.29 is 0 Å². The number of benzene rings is 2. The van der Waals surface area contributed by atoms with E-state index in [1.54, 1.807) is 33.4 Å². The van der Waals surface area contributed by atoms with Crippen molar-refractivity contribution >= 4 is 0 Å².